The van der Waals surface area contributed by atoms with Gasteiger partial charge in [-0.3, -0.25) is 0 Å². The van der Waals surface area contributed by atoms with Gasteiger partial charge in [0.2, 0.25) is 0 Å². The number of benzene rings is 1. The SMILES string of the molecule is CCCC(C)N(C)C(=O)Nc1cc(C(=O)O)ccc1OC. The molecule has 21 heavy (non-hydrogen) atoms. The molecule has 1 aromatic rings. The molecule has 0 aliphatic heterocycles. The summed E-state index contributed by atoms with van der Waals surface area (Å²) in [5, 5.41) is 11.7. The van der Waals surface area contributed by atoms with E-state index in [1.807, 2.05) is 6.92 Å². The van der Waals surface area contributed by atoms with Crippen molar-refractivity contribution >= 4 is 17.7 Å². The third kappa shape index (κ3) is 4.37. The molecule has 0 heterocycles. The highest BCUT2D eigenvalue weighted by molar-refractivity contribution is 5.94. The lowest BCUT2D eigenvalue weighted by Crippen LogP contribution is -2.38. The number of nitrogens with one attached hydrogen (secondary N) is 1. The molecule has 1 rings (SSSR count). The van der Waals surface area contributed by atoms with Crippen LogP contribution < -0.4 is 10.1 Å². The minimum Gasteiger partial charge on any atom is -0.495 e. The number of urea groups is 1. The number of carbonyl (C=O) groups is 2. The third-order valence-corrected chi connectivity index (χ3v) is 3.38. The molecular weight excluding hydrogens is 272 g/mol. The Morgan fingerprint density at radius 2 is 2.10 bits per heavy atom. The molecule has 1 atom stereocenters. The minimum atomic E-state index is -1.05. The third-order valence-electron chi connectivity index (χ3n) is 3.38. The van der Waals surface area contributed by atoms with Gasteiger partial charge in [0.25, 0.3) is 0 Å². The maximum Gasteiger partial charge on any atom is 0.335 e. The van der Waals surface area contributed by atoms with Crippen molar-refractivity contribution in [1.29, 1.82) is 0 Å². The maximum absolute atomic E-state index is 12.2. The van der Waals surface area contributed by atoms with E-state index < -0.39 is 5.97 Å². The average molecular weight is 294 g/mol. The predicted octanol–water partition coefficient (Wildman–Crippen LogP) is 3.05. The molecule has 116 valence electrons. The zero-order chi connectivity index (χ0) is 16.0. The van der Waals surface area contributed by atoms with E-state index in [1.54, 1.807) is 11.9 Å². The van der Waals surface area contributed by atoms with Crippen molar-refractivity contribution in [2.75, 3.05) is 19.5 Å². The Labute approximate surface area is 124 Å². The Morgan fingerprint density at radius 3 is 2.62 bits per heavy atom. The van der Waals surface area contributed by atoms with Crippen molar-refractivity contribution in [2.45, 2.75) is 32.7 Å². The number of rotatable bonds is 6. The Bertz CT molecular complexity index is 516. The molecule has 0 aromatic heterocycles. The number of carbonyl (C=O) groups excluding carboxylic acids is 1. The standard InChI is InChI=1S/C15H22N2O4/c1-5-6-10(2)17(3)15(20)16-12-9-11(14(18)19)7-8-13(12)21-4/h7-10H,5-6H2,1-4H3,(H,16,20)(H,18,19). The van der Waals surface area contributed by atoms with Gasteiger partial charge in [0.1, 0.15) is 5.75 Å². The maximum atomic E-state index is 12.2. The van der Waals surface area contributed by atoms with Crippen LogP contribution in [-0.4, -0.2) is 42.2 Å². The van der Waals surface area contributed by atoms with E-state index >= 15 is 0 Å². The van der Waals surface area contributed by atoms with E-state index in [1.165, 1.54) is 25.3 Å². The summed E-state index contributed by atoms with van der Waals surface area (Å²) in [4.78, 5) is 24.8. The number of methoxy groups -OCH3 is 1. The predicted molar refractivity (Wildman–Crippen MR) is 81.1 cm³/mol. The topological polar surface area (TPSA) is 78.9 Å². The van der Waals surface area contributed by atoms with Gasteiger partial charge in [-0.15, -0.1) is 0 Å². The zero-order valence-electron chi connectivity index (χ0n) is 12.8. The molecule has 0 radical (unpaired) electrons. The summed E-state index contributed by atoms with van der Waals surface area (Å²) in [6, 6.07) is 4.15. The number of carboxylic acid groups (broad SMARTS) is 1. The summed E-state index contributed by atoms with van der Waals surface area (Å²) in [5.74, 6) is -0.634. The number of amides is 2. The normalized spacial score (nSPS) is 11.6. The number of aromatic carboxylic acids is 1. The molecule has 0 aliphatic carbocycles. The van der Waals surface area contributed by atoms with Crippen molar-refractivity contribution in [3.63, 3.8) is 0 Å². The first-order valence-electron chi connectivity index (χ1n) is 6.85. The number of carboxylic acids is 1. The number of hydrogen-bond acceptors (Lipinski definition) is 3. The van der Waals surface area contributed by atoms with E-state index in [4.69, 9.17) is 9.84 Å². The first-order valence-corrected chi connectivity index (χ1v) is 6.85. The molecule has 6 nitrogen and oxygen atoms in total. The second kappa shape index (κ2) is 7.52. The van der Waals surface area contributed by atoms with Crippen molar-refractivity contribution < 1.29 is 19.4 Å². The Morgan fingerprint density at radius 1 is 1.43 bits per heavy atom. The molecular formula is C15H22N2O4. The van der Waals surface area contributed by atoms with Crippen LogP contribution in [0.4, 0.5) is 10.5 Å². The number of hydrogen-bond donors (Lipinski definition) is 2. The van der Waals surface area contributed by atoms with Gasteiger partial charge in [0, 0.05) is 13.1 Å². The fourth-order valence-electron chi connectivity index (χ4n) is 1.95. The van der Waals surface area contributed by atoms with Gasteiger partial charge in [-0.25, -0.2) is 9.59 Å². The van der Waals surface area contributed by atoms with Gasteiger partial charge in [-0.1, -0.05) is 13.3 Å². The number of anilines is 1. The van der Waals surface area contributed by atoms with Crippen LogP contribution in [-0.2, 0) is 0 Å². The van der Waals surface area contributed by atoms with Gasteiger partial charge in [-0.05, 0) is 31.5 Å². The van der Waals surface area contributed by atoms with Crippen LogP contribution in [0.1, 0.15) is 37.0 Å². The molecule has 6 heteroatoms. The summed E-state index contributed by atoms with van der Waals surface area (Å²) >= 11 is 0. The highest BCUT2D eigenvalue weighted by Crippen LogP contribution is 2.26. The lowest BCUT2D eigenvalue weighted by molar-refractivity contribution is 0.0697. The van der Waals surface area contributed by atoms with Crippen LogP contribution >= 0.6 is 0 Å². The Balaban J connectivity index is 2.92. The summed E-state index contributed by atoms with van der Waals surface area (Å²) in [5.41, 5.74) is 0.438. The lowest BCUT2D eigenvalue weighted by atomic mass is 10.1. The summed E-state index contributed by atoms with van der Waals surface area (Å²) in [7, 11) is 3.18. The quantitative estimate of drug-likeness (QED) is 0.845. The smallest absolute Gasteiger partial charge is 0.335 e. The molecule has 0 aliphatic rings. The van der Waals surface area contributed by atoms with Crippen LogP contribution in [0, 0.1) is 0 Å². The summed E-state index contributed by atoms with van der Waals surface area (Å²) in [6.07, 6.45) is 1.88. The van der Waals surface area contributed by atoms with Crippen molar-refractivity contribution in [3.05, 3.63) is 23.8 Å². The molecule has 0 spiro atoms. The minimum absolute atomic E-state index is 0.0929. The highest BCUT2D eigenvalue weighted by atomic mass is 16.5. The van der Waals surface area contributed by atoms with Gasteiger partial charge in [0.05, 0.1) is 18.4 Å². The molecule has 0 fully saturated rings. The summed E-state index contributed by atoms with van der Waals surface area (Å²) in [6.45, 7) is 4.02. The molecule has 1 aromatic carbocycles. The Hall–Kier alpha value is -2.24. The van der Waals surface area contributed by atoms with E-state index in [0.29, 0.717) is 11.4 Å². The average Bonchev–Trinajstić information content (AvgIpc) is 2.46. The molecule has 0 saturated heterocycles. The zero-order valence-corrected chi connectivity index (χ0v) is 12.8. The molecule has 0 saturated carbocycles. The number of ether oxygens (including phenoxy) is 1. The lowest BCUT2D eigenvalue weighted by Gasteiger charge is -2.25. The molecule has 2 N–H and O–H groups in total. The fourth-order valence-corrected chi connectivity index (χ4v) is 1.95. The van der Waals surface area contributed by atoms with Gasteiger partial charge in [0.15, 0.2) is 0 Å². The highest BCUT2D eigenvalue weighted by Gasteiger charge is 2.17. The Kier molecular flexibility index (Phi) is 6.02. The summed E-state index contributed by atoms with van der Waals surface area (Å²) < 4.78 is 5.14. The largest absolute Gasteiger partial charge is 0.495 e. The van der Waals surface area contributed by atoms with Gasteiger partial charge >= 0.3 is 12.0 Å². The molecule has 1 unspecified atom stereocenters. The number of nitrogens with zero attached hydrogens (tertiary/aromatic N) is 1. The van der Waals surface area contributed by atoms with Crippen LogP contribution in [0.3, 0.4) is 0 Å². The van der Waals surface area contributed by atoms with E-state index in [0.717, 1.165) is 12.8 Å². The van der Waals surface area contributed by atoms with Crippen LogP contribution in [0.2, 0.25) is 0 Å². The van der Waals surface area contributed by atoms with E-state index in [9.17, 15) is 9.59 Å². The fraction of sp³-hybridized carbons (Fsp3) is 0.467. The first kappa shape index (κ1) is 16.8. The van der Waals surface area contributed by atoms with Crippen molar-refractivity contribution in [3.8, 4) is 5.75 Å². The van der Waals surface area contributed by atoms with Crippen molar-refractivity contribution in [1.82, 2.24) is 4.90 Å². The van der Waals surface area contributed by atoms with E-state index in [2.05, 4.69) is 12.2 Å². The monoisotopic (exact) mass is 294 g/mol. The van der Waals surface area contributed by atoms with E-state index in [-0.39, 0.29) is 17.6 Å². The molecule has 0 bridgehead atoms. The van der Waals surface area contributed by atoms with Crippen LogP contribution in [0.15, 0.2) is 18.2 Å². The van der Waals surface area contributed by atoms with Gasteiger partial charge < -0.3 is 20.1 Å². The first-order chi connectivity index (χ1) is 9.90. The van der Waals surface area contributed by atoms with Gasteiger partial charge in [-0.2, -0.15) is 0 Å². The van der Waals surface area contributed by atoms with Crippen LogP contribution in [0.25, 0.3) is 0 Å². The second-order valence-corrected chi connectivity index (χ2v) is 4.90. The second-order valence-electron chi connectivity index (χ2n) is 4.90. The molecule has 2 amide bonds. The van der Waals surface area contributed by atoms with Crippen LogP contribution in [0.5, 0.6) is 5.75 Å². The van der Waals surface area contributed by atoms with Crippen molar-refractivity contribution in [2.24, 2.45) is 0 Å².